The van der Waals surface area contributed by atoms with Crippen molar-refractivity contribution in [3.05, 3.63) is 53.9 Å². The monoisotopic (exact) mass is 397 g/mol. The van der Waals surface area contributed by atoms with Crippen LogP contribution in [0.3, 0.4) is 0 Å². The third kappa shape index (κ3) is 5.22. The molecule has 8 heteroatoms. The molecule has 0 unspecified atom stereocenters. The lowest BCUT2D eigenvalue weighted by atomic mass is 10.2. The molecule has 0 atom stereocenters. The molecule has 0 radical (unpaired) electrons. The highest BCUT2D eigenvalue weighted by molar-refractivity contribution is 5.93. The summed E-state index contributed by atoms with van der Waals surface area (Å²) in [7, 11) is 0. The summed E-state index contributed by atoms with van der Waals surface area (Å²) in [5, 5.41) is 0. The Hall–Kier alpha value is -3.16. The molecule has 0 aliphatic carbocycles. The number of amides is 2. The lowest BCUT2D eigenvalue weighted by molar-refractivity contribution is 0.0570. The maximum Gasteiger partial charge on any atom is 0.409 e. The van der Waals surface area contributed by atoms with E-state index >= 15 is 0 Å². The van der Waals surface area contributed by atoms with Crippen LogP contribution < -0.4 is 4.90 Å². The van der Waals surface area contributed by atoms with Gasteiger partial charge >= 0.3 is 6.09 Å². The third-order valence-corrected chi connectivity index (χ3v) is 4.86. The minimum absolute atomic E-state index is 0.119. The van der Waals surface area contributed by atoms with Gasteiger partial charge in [0.05, 0.1) is 12.2 Å². The molecule has 8 nitrogen and oxygen atoms in total. The third-order valence-electron chi connectivity index (χ3n) is 4.86. The molecule has 1 aliphatic heterocycles. The smallest absolute Gasteiger partial charge is 0.409 e. The molecular weight excluding hydrogens is 370 g/mol. The Morgan fingerprint density at radius 3 is 2.21 bits per heavy atom. The number of rotatable bonds is 6. The molecule has 1 fully saturated rings. The fraction of sp³-hybridized carbons (Fsp3) is 0.429. The Labute approximate surface area is 171 Å². The Morgan fingerprint density at radius 2 is 1.62 bits per heavy atom. The fourth-order valence-corrected chi connectivity index (χ4v) is 3.21. The minimum Gasteiger partial charge on any atom is -0.450 e. The second kappa shape index (κ2) is 9.86. The van der Waals surface area contributed by atoms with Gasteiger partial charge in [0.1, 0.15) is 0 Å². The average Bonchev–Trinajstić information content (AvgIpc) is 2.78. The summed E-state index contributed by atoms with van der Waals surface area (Å²) in [6.45, 7) is 7.51. The van der Waals surface area contributed by atoms with Crippen molar-refractivity contribution in [1.82, 2.24) is 19.8 Å². The number of aromatic nitrogens is 2. The molecule has 0 saturated carbocycles. The molecule has 1 saturated heterocycles. The van der Waals surface area contributed by atoms with Gasteiger partial charge in [0.15, 0.2) is 0 Å². The second-order valence-corrected chi connectivity index (χ2v) is 6.75. The van der Waals surface area contributed by atoms with Gasteiger partial charge in [-0.1, -0.05) is 30.3 Å². The number of hydrogen-bond donors (Lipinski definition) is 0. The second-order valence-electron chi connectivity index (χ2n) is 6.75. The van der Waals surface area contributed by atoms with Crippen LogP contribution in [0.4, 0.5) is 10.7 Å². The molecule has 0 bridgehead atoms. The fourth-order valence-electron chi connectivity index (χ4n) is 3.21. The maximum atomic E-state index is 12.7. The van der Waals surface area contributed by atoms with Gasteiger partial charge < -0.3 is 19.4 Å². The van der Waals surface area contributed by atoms with Crippen molar-refractivity contribution < 1.29 is 14.3 Å². The van der Waals surface area contributed by atoms with E-state index in [0.717, 1.165) is 6.54 Å². The largest absolute Gasteiger partial charge is 0.450 e. The molecule has 0 N–H and O–H groups in total. The van der Waals surface area contributed by atoms with Crippen molar-refractivity contribution in [3.8, 4) is 0 Å². The van der Waals surface area contributed by atoms with E-state index in [0.29, 0.717) is 50.8 Å². The number of hydrogen-bond acceptors (Lipinski definition) is 6. The number of ether oxygens (including phenoxy) is 1. The van der Waals surface area contributed by atoms with Crippen LogP contribution in [-0.4, -0.2) is 71.1 Å². The van der Waals surface area contributed by atoms with E-state index in [4.69, 9.17) is 4.74 Å². The molecule has 2 amide bonds. The van der Waals surface area contributed by atoms with Crippen molar-refractivity contribution in [1.29, 1.82) is 0 Å². The summed E-state index contributed by atoms with van der Waals surface area (Å²) in [4.78, 5) is 38.7. The molecule has 2 heterocycles. The van der Waals surface area contributed by atoms with Gasteiger partial charge in [-0.25, -0.2) is 14.8 Å². The van der Waals surface area contributed by atoms with Crippen LogP contribution in [-0.2, 0) is 11.3 Å². The normalized spacial score (nSPS) is 13.9. The SMILES string of the molecule is CCOC(=O)N1CCN(C(=O)c2cnc(N(CC)Cc3ccccc3)nc2)CC1. The van der Waals surface area contributed by atoms with E-state index in [1.165, 1.54) is 5.56 Å². The van der Waals surface area contributed by atoms with Gasteiger partial charge in [-0.2, -0.15) is 0 Å². The zero-order valence-corrected chi connectivity index (χ0v) is 17.0. The summed E-state index contributed by atoms with van der Waals surface area (Å²) < 4.78 is 5.01. The van der Waals surface area contributed by atoms with E-state index in [-0.39, 0.29) is 12.0 Å². The lowest BCUT2D eigenvalue weighted by Crippen LogP contribution is -2.50. The number of benzene rings is 1. The van der Waals surface area contributed by atoms with E-state index in [1.54, 1.807) is 29.1 Å². The van der Waals surface area contributed by atoms with Gasteiger partial charge in [-0.05, 0) is 19.4 Å². The minimum atomic E-state index is -0.328. The Kier molecular flexibility index (Phi) is 6.99. The first-order valence-electron chi connectivity index (χ1n) is 9.94. The Morgan fingerprint density at radius 1 is 1.00 bits per heavy atom. The molecule has 0 spiro atoms. The van der Waals surface area contributed by atoms with Crippen LogP contribution in [0.1, 0.15) is 29.8 Å². The van der Waals surface area contributed by atoms with Gasteiger partial charge in [0, 0.05) is 51.7 Å². The molecule has 1 aromatic heterocycles. The highest BCUT2D eigenvalue weighted by Crippen LogP contribution is 2.14. The maximum absolute atomic E-state index is 12.7. The topological polar surface area (TPSA) is 78.9 Å². The van der Waals surface area contributed by atoms with E-state index in [9.17, 15) is 9.59 Å². The van der Waals surface area contributed by atoms with Crippen molar-refractivity contribution in [2.45, 2.75) is 20.4 Å². The van der Waals surface area contributed by atoms with Crippen molar-refractivity contribution in [2.75, 3.05) is 44.2 Å². The summed E-state index contributed by atoms with van der Waals surface area (Å²) in [6.07, 6.45) is 2.83. The van der Waals surface area contributed by atoms with Gasteiger partial charge in [0.2, 0.25) is 5.95 Å². The summed E-state index contributed by atoms with van der Waals surface area (Å²) in [5.74, 6) is 0.478. The number of nitrogens with zero attached hydrogens (tertiary/aromatic N) is 5. The Balaban J connectivity index is 1.59. The first-order chi connectivity index (χ1) is 14.1. The van der Waals surface area contributed by atoms with E-state index in [1.807, 2.05) is 25.1 Å². The highest BCUT2D eigenvalue weighted by atomic mass is 16.6. The predicted molar refractivity (Wildman–Crippen MR) is 110 cm³/mol. The van der Waals surface area contributed by atoms with Crippen LogP contribution in [0.25, 0.3) is 0 Å². The molecular formula is C21H27N5O3. The lowest BCUT2D eigenvalue weighted by Gasteiger charge is -2.34. The molecule has 1 aliphatic rings. The van der Waals surface area contributed by atoms with E-state index < -0.39 is 0 Å². The van der Waals surface area contributed by atoms with Gasteiger partial charge in [0.25, 0.3) is 5.91 Å². The van der Waals surface area contributed by atoms with Crippen LogP contribution in [0, 0.1) is 0 Å². The standard InChI is InChI=1S/C21H27N5O3/c1-3-24(16-17-8-6-5-7-9-17)20-22-14-18(15-23-20)19(27)25-10-12-26(13-11-25)21(28)29-4-2/h5-9,14-15H,3-4,10-13,16H2,1-2H3. The van der Waals surface area contributed by atoms with E-state index in [2.05, 4.69) is 27.0 Å². The zero-order valence-electron chi connectivity index (χ0n) is 17.0. The summed E-state index contributed by atoms with van der Waals surface area (Å²) in [5.41, 5.74) is 1.63. The Bertz CT molecular complexity index is 805. The number of carbonyl (C=O) groups is 2. The first-order valence-corrected chi connectivity index (χ1v) is 9.94. The van der Waals surface area contributed by atoms with Crippen LogP contribution in [0.2, 0.25) is 0 Å². The molecule has 1 aromatic carbocycles. The number of carbonyl (C=O) groups excluding carboxylic acids is 2. The highest BCUT2D eigenvalue weighted by Gasteiger charge is 2.26. The number of piperazine rings is 1. The van der Waals surface area contributed by atoms with Crippen molar-refractivity contribution >= 4 is 17.9 Å². The zero-order chi connectivity index (χ0) is 20.6. The predicted octanol–water partition coefficient (Wildman–Crippen LogP) is 2.42. The number of anilines is 1. The average molecular weight is 397 g/mol. The summed E-state index contributed by atoms with van der Waals surface area (Å²) >= 11 is 0. The molecule has 154 valence electrons. The molecule has 3 rings (SSSR count). The van der Waals surface area contributed by atoms with Crippen molar-refractivity contribution in [3.63, 3.8) is 0 Å². The summed E-state index contributed by atoms with van der Waals surface area (Å²) in [6, 6.07) is 10.1. The molecule has 29 heavy (non-hydrogen) atoms. The van der Waals surface area contributed by atoms with Crippen LogP contribution in [0.5, 0.6) is 0 Å². The van der Waals surface area contributed by atoms with Gasteiger partial charge in [-0.15, -0.1) is 0 Å². The van der Waals surface area contributed by atoms with Crippen LogP contribution >= 0.6 is 0 Å². The quantitative estimate of drug-likeness (QED) is 0.745. The van der Waals surface area contributed by atoms with Gasteiger partial charge in [-0.3, -0.25) is 4.79 Å². The van der Waals surface area contributed by atoms with Crippen LogP contribution in [0.15, 0.2) is 42.7 Å². The molecule has 2 aromatic rings. The van der Waals surface area contributed by atoms with Crippen molar-refractivity contribution in [2.24, 2.45) is 0 Å². The first kappa shape index (κ1) is 20.6.